The molecule has 1 heterocycles. The molecule has 5 heteroatoms. The van der Waals surface area contributed by atoms with Crippen molar-refractivity contribution in [2.75, 3.05) is 5.32 Å². The van der Waals surface area contributed by atoms with E-state index in [0.717, 1.165) is 32.6 Å². The molecule has 96 valence electrons. The number of aryl methyl sites for hydroxylation is 3. The molecule has 0 aliphatic rings. The molecule has 0 aliphatic heterocycles. The number of rotatable bonds is 3. The molecule has 0 spiro atoms. The van der Waals surface area contributed by atoms with Crippen LogP contribution in [0.5, 0.6) is 0 Å². The smallest absolute Gasteiger partial charge is 0.0739 e. The van der Waals surface area contributed by atoms with E-state index in [0.29, 0.717) is 0 Å². The number of benzene rings is 1. The summed E-state index contributed by atoms with van der Waals surface area (Å²) < 4.78 is 4.06. The maximum absolute atomic E-state index is 4.38. The molecule has 0 atom stereocenters. The van der Waals surface area contributed by atoms with Gasteiger partial charge in [0.05, 0.1) is 22.4 Å². The average Bonchev–Trinajstić information content (AvgIpc) is 2.55. The molecule has 1 aromatic heterocycles. The van der Waals surface area contributed by atoms with Gasteiger partial charge in [0.25, 0.3) is 0 Å². The van der Waals surface area contributed by atoms with Gasteiger partial charge in [0, 0.05) is 17.2 Å². The quantitative estimate of drug-likeness (QED) is 0.875. The number of hydrogen-bond acceptors (Lipinski definition) is 2. The van der Waals surface area contributed by atoms with Gasteiger partial charge in [-0.2, -0.15) is 5.10 Å². The zero-order chi connectivity index (χ0) is 13.3. The van der Waals surface area contributed by atoms with Crippen LogP contribution >= 0.6 is 31.9 Å². The molecule has 0 saturated carbocycles. The van der Waals surface area contributed by atoms with Crippen molar-refractivity contribution in [3.8, 4) is 0 Å². The summed E-state index contributed by atoms with van der Waals surface area (Å²) in [5, 5.41) is 7.83. The third-order valence-electron chi connectivity index (χ3n) is 2.91. The zero-order valence-corrected chi connectivity index (χ0v) is 13.8. The summed E-state index contributed by atoms with van der Waals surface area (Å²) in [6.45, 7) is 4.84. The molecule has 0 radical (unpaired) electrons. The Balaban J connectivity index is 2.19. The van der Waals surface area contributed by atoms with E-state index in [4.69, 9.17) is 0 Å². The predicted molar refractivity (Wildman–Crippen MR) is 81.9 cm³/mol. The first-order valence-corrected chi connectivity index (χ1v) is 7.25. The van der Waals surface area contributed by atoms with E-state index in [1.807, 2.05) is 24.7 Å². The van der Waals surface area contributed by atoms with Gasteiger partial charge < -0.3 is 5.32 Å². The normalized spacial score (nSPS) is 10.7. The van der Waals surface area contributed by atoms with E-state index in [1.165, 1.54) is 5.56 Å². The van der Waals surface area contributed by atoms with E-state index in [9.17, 15) is 0 Å². The van der Waals surface area contributed by atoms with Crippen LogP contribution < -0.4 is 5.32 Å². The largest absolute Gasteiger partial charge is 0.379 e. The highest BCUT2D eigenvalue weighted by atomic mass is 79.9. The second-order valence-corrected chi connectivity index (χ2v) is 5.99. The molecule has 2 aromatic rings. The van der Waals surface area contributed by atoms with Gasteiger partial charge in [-0.15, -0.1) is 0 Å². The van der Waals surface area contributed by atoms with E-state index in [2.05, 4.69) is 61.3 Å². The molecule has 0 unspecified atom stereocenters. The van der Waals surface area contributed by atoms with Crippen molar-refractivity contribution in [3.63, 3.8) is 0 Å². The first-order chi connectivity index (χ1) is 8.49. The highest BCUT2D eigenvalue weighted by molar-refractivity contribution is 9.10. The highest BCUT2D eigenvalue weighted by Crippen LogP contribution is 2.24. The summed E-state index contributed by atoms with van der Waals surface area (Å²) in [5.41, 5.74) is 4.52. The van der Waals surface area contributed by atoms with Crippen molar-refractivity contribution in [2.24, 2.45) is 7.05 Å². The van der Waals surface area contributed by atoms with Gasteiger partial charge in [-0.1, -0.05) is 22.0 Å². The van der Waals surface area contributed by atoms with Crippen LogP contribution in [-0.2, 0) is 13.6 Å². The van der Waals surface area contributed by atoms with Crippen LogP contribution in [0, 0.1) is 13.8 Å². The Hall–Kier alpha value is -0.810. The van der Waals surface area contributed by atoms with Crippen LogP contribution in [0.1, 0.15) is 17.0 Å². The van der Waals surface area contributed by atoms with E-state index in [1.54, 1.807) is 0 Å². The minimum Gasteiger partial charge on any atom is -0.379 e. The molecular weight excluding hydrogens is 358 g/mol. The van der Waals surface area contributed by atoms with Crippen LogP contribution in [0.2, 0.25) is 0 Å². The summed E-state index contributed by atoms with van der Waals surface area (Å²) in [6, 6.07) is 6.23. The lowest BCUT2D eigenvalue weighted by molar-refractivity contribution is 0.712. The molecule has 0 saturated heterocycles. The van der Waals surface area contributed by atoms with Crippen LogP contribution in [0.15, 0.2) is 27.1 Å². The molecule has 0 amide bonds. The molecule has 0 fully saturated rings. The Morgan fingerprint density at radius 3 is 2.61 bits per heavy atom. The predicted octanol–water partition coefficient (Wildman–Crippen LogP) is 4.17. The van der Waals surface area contributed by atoms with Crippen molar-refractivity contribution in [1.82, 2.24) is 9.78 Å². The number of nitrogens with one attached hydrogen (secondary N) is 1. The minimum atomic E-state index is 0.745. The second-order valence-electron chi connectivity index (χ2n) is 4.28. The zero-order valence-electron chi connectivity index (χ0n) is 10.6. The van der Waals surface area contributed by atoms with Gasteiger partial charge >= 0.3 is 0 Å². The van der Waals surface area contributed by atoms with Crippen molar-refractivity contribution in [3.05, 3.63) is 44.1 Å². The van der Waals surface area contributed by atoms with E-state index >= 15 is 0 Å². The Kier molecular flexibility index (Phi) is 4.12. The number of anilines is 1. The second kappa shape index (κ2) is 5.45. The molecular formula is C13H15Br2N3. The number of halogens is 2. The molecule has 2 rings (SSSR count). The minimum absolute atomic E-state index is 0.745. The summed E-state index contributed by atoms with van der Waals surface area (Å²) in [7, 11) is 1.96. The Bertz CT molecular complexity index is 576. The molecule has 1 aromatic carbocycles. The molecule has 1 N–H and O–H groups in total. The topological polar surface area (TPSA) is 29.9 Å². The summed E-state index contributed by atoms with van der Waals surface area (Å²) >= 11 is 7.06. The van der Waals surface area contributed by atoms with E-state index < -0.39 is 0 Å². The Morgan fingerprint density at radius 1 is 1.28 bits per heavy atom. The van der Waals surface area contributed by atoms with Crippen LogP contribution in [-0.4, -0.2) is 9.78 Å². The summed E-state index contributed by atoms with van der Waals surface area (Å²) in [5.74, 6) is 0. The van der Waals surface area contributed by atoms with Gasteiger partial charge in [0.2, 0.25) is 0 Å². The van der Waals surface area contributed by atoms with Crippen molar-refractivity contribution in [1.29, 1.82) is 0 Å². The van der Waals surface area contributed by atoms with Gasteiger partial charge in [-0.3, -0.25) is 4.68 Å². The number of hydrogen-bond donors (Lipinski definition) is 1. The lowest BCUT2D eigenvalue weighted by Crippen LogP contribution is -2.06. The van der Waals surface area contributed by atoms with Gasteiger partial charge in [-0.25, -0.2) is 0 Å². The lowest BCUT2D eigenvalue weighted by atomic mass is 10.2. The molecule has 3 nitrogen and oxygen atoms in total. The van der Waals surface area contributed by atoms with Gasteiger partial charge in [-0.05, 0) is 47.5 Å². The third kappa shape index (κ3) is 2.78. The lowest BCUT2D eigenvalue weighted by Gasteiger charge is -2.10. The van der Waals surface area contributed by atoms with Crippen LogP contribution in [0.25, 0.3) is 0 Å². The summed E-state index contributed by atoms with van der Waals surface area (Å²) in [6.07, 6.45) is 0. The molecule has 18 heavy (non-hydrogen) atoms. The fraction of sp³-hybridized carbons (Fsp3) is 0.308. The Morgan fingerprint density at radius 2 is 2.00 bits per heavy atom. The number of aromatic nitrogens is 2. The standard InChI is InChI=1S/C13H15Br2N3/c1-8-4-5-10(14)6-11(8)16-7-12-13(15)9(2)17-18(12)3/h4-6,16H,7H2,1-3H3. The van der Waals surface area contributed by atoms with Gasteiger partial charge in [0.1, 0.15) is 0 Å². The fourth-order valence-electron chi connectivity index (χ4n) is 1.84. The first-order valence-electron chi connectivity index (χ1n) is 5.67. The van der Waals surface area contributed by atoms with Crippen molar-refractivity contribution in [2.45, 2.75) is 20.4 Å². The number of nitrogens with zero attached hydrogens (tertiary/aromatic N) is 2. The maximum atomic E-state index is 4.38. The van der Waals surface area contributed by atoms with Crippen LogP contribution in [0.4, 0.5) is 5.69 Å². The van der Waals surface area contributed by atoms with Crippen molar-refractivity contribution >= 4 is 37.5 Å². The highest BCUT2D eigenvalue weighted by Gasteiger charge is 2.10. The first kappa shape index (κ1) is 13.6. The monoisotopic (exact) mass is 371 g/mol. The fourth-order valence-corrected chi connectivity index (χ4v) is 2.67. The van der Waals surface area contributed by atoms with Gasteiger partial charge in [0.15, 0.2) is 0 Å². The van der Waals surface area contributed by atoms with Crippen LogP contribution in [0.3, 0.4) is 0 Å². The molecule has 0 bridgehead atoms. The molecule has 0 aliphatic carbocycles. The summed E-state index contributed by atoms with van der Waals surface area (Å²) in [4.78, 5) is 0. The SMILES string of the molecule is Cc1ccc(Br)cc1NCc1c(Br)c(C)nn1C. The van der Waals surface area contributed by atoms with E-state index in [-0.39, 0.29) is 0 Å². The maximum Gasteiger partial charge on any atom is 0.0739 e. The van der Waals surface area contributed by atoms with Crippen molar-refractivity contribution < 1.29 is 0 Å². The Labute approximate surface area is 124 Å². The third-order valence-corrected chi connectivity index (χ3v) is 4.43. The average molecular weight is 373 g/mol.